The molecule has 0 aliphatic rings. The number of hydrogen-bond acceptors (Lipinski definition) is 2. The predicted molar refractivity (Wildman–Crippen MR) is 47.5 cm³/mol. The summed E-state index contributed by atoms with van der Waals surface area (Å²) in [6.07, 6.45) is 1.70. The van der Waals surface area contributed by atoms with Crippen molar-refractivity contribution in [3.63, 3.8) is 0 Å². The summed E-state index contributed by atoms with van der Waals surface area (Å²) in [6.45, 7) is 6.55. The molecule has 0 saturated carbocycles. The summed E-state index contributed by atoms with van der Waals surface area (Å²) in [4.78, 5) is 11.2. The molecule has 0 aromatic carbocycles. The molecule has 0 bridgehead atoms. The topological polar surface area (TPSA) is 29.1 Å². The lowest BCUT2D eigenvalue weighted by Crippen LogP contribution is -2.22. The molecule has 64 valence electrons. The smallest absolute Gasteiger partial charge is 0.159 e. The van der Waals surface area contributed by atoms with Crippen LogP contribution in [-0.2, 0) is 4.79 Å². The van der Waals surface area contributed by atoms with E-state index in [0.717, 1.165) is 12.1 Å². The monoisotopic (exact) mass is 155 g/mol. The molecule has 0 amide bonds. The van der Waals surface area contributed by atoms with Crippen LogP contribution in [0, 0.1) is 5.92 Å². The zero-order valence-corrected chi connectivity index (χ0v) is 7.77. The van der Waals surface area contributed by atoms with Gasteiger partial charge in [0, 0.05) is 12.5 Å². The highest BCUT2D eigenvalue weighted by Crippen LogP contribution is 1.99. The second kappa shape index (κ2) is 5.08. The van der Waals surface area contributed by atoms with Crippen molar-refractivity contribution >= 4 is 5.78 Å². The first-order valence-corrected chi connectivity index (χ1v) is 3.91. The van der Waals surface area contributed by atoms with Crippen molar-refractivity contribution in [2.75, 3.05) is 13.6 Å². The lowest BCUT2D eigenvalue weighted by molar-refractivity contribution is -0.117. The number of allylic oxidation sites excluding steroid dienone is 2. The van der Waals surface area contributed by atoms with E-state index in [0.29, 0.717) is 0 Å². The fourth-order valence-electron chi connectivity index (χ4n) is 0.834. The third kappa shape index (κ3) is 4.73. The van der Waals surface area contributed by atoms with E-state index >= 15 is 0 Å². The Morgan fingerprint density at radius 1 is 1.55 bits per heavy atom. The third-order valence-corrected chi connectivity index (χ3v) is 1.43. The maximum Gasteiger partial charge on any atom is 0.159 e. The highest BCUT2D eigenvalue weighted by atomic mass is 16.1. The maximum atomic E-state index is 11.2. The fraction of sp³-hybridized carbons (Fsp3) is 0.667. The van der Waals surface area contributed by atoms with Gasteiger partial charge in [-0.25, -0.2) is 0 Å². The zero-order valence-electron chi connectivity index (χ0n) is 7.77. The summed E-state index contributed by atoms with van der Waals surface area (Å²) >= 11 is 0. The number of carbonyl (C=O) groups is 1. The molecular formula is C9H17NO. The molecule has 0 aliphatic carbocycles. The minimum absolute atomic E-state index is 0.0925. The first-order valence-electron chi connectivity index (χ1n) is 3.91. The largest absolute Gasteiger partial charge is 0.319 e. The lowest BCUT2D eigenvalue weighted by atomic mass is 10.1. The van der Waals surface area contributed by atoms with Gasteiger partial charge in [-0.1, -0.05) is 12.5 Å². The van der Waals surface area contributed by atoms with Gasteiger partial charge in [0.15, 0.2) is 5.78 Å². The van der Waals surface area contributed by atoms with Gasteiger partial charge in [-0.05, 0) is 27.0 Å². The molecule has 0 aromatic heterocycles. The van der Waals surface area contributed by atoms with Crippen molar-refractivity contribution in [2.24, 2.45) is 5.92 Å². The van der Waals surface area contributed by atoms with Crippen LogP contribution in [0.2, 0.25) is 0 Å². The van der Waals surface area contributed by atoms with Crippen molar-refractivity contribution in [3.8, 4) is 0 Å². The highest BCUT2D eigenvalue weighted by molar-refractivity contribution is 5.92. The van der Waals surface area contributed by atoms with Crippen molar-refractivity contribution in [1.29, 1.82) is 0 Å². The van der Waals surface area contributed by atoms with Crippen LogP contribution in [0.4, 0.5) is 0 Å². The Morgan fingerprint density at radius 2 is 2.09 bits per heavy atom. The standard InChI is InChI=1S/C9H17NO/c1-7(2)5-9(11)8(3)6-10-4/h5,8,10H,6H2,1-4H3. The fourth-order valence-corrected chi connectivity index (χ4v) is 0.834. The first-order chi connectivity index (χ1) is 5.07. The van der Waals surface area contributed by atoms with Crippen LogP contribution < -0.4 is 5.32 Å². The van der Waals surface area contributed by atoms with Crippen molar-refractivity contribution in [2.45, 2.75) is 20.8 Å². The average Bonchev–Trinajstić information content (AvgIpc) is 1.86. The quantitative estimate of drug-likeness (QED) is 0.621. The molecule has 0 aliphatic heterocycles. The Bertz CT molecular complexity index is 157. The number of rotatable bonds is 4. The molecule has 0 rings (SSSR count). The Labute approximate surface area is 68.7 Å². The van der Waals surface area contributed by atoms with Crippen LogP contribution in [0.5, 0.6) is 0 Å². The van der Waals surface area contributed by atoms with Crippen molar-refractivity contribution in [3.05, 3.63) is 11.6 Å². The van der Waals surface area contributed by atoms with Gasteiger partial charge < -0.3 is 5.32 Å². The minimum Gasteiger partial charge on any atom is -0.319 e. The summed E-state index contributed by atoms with van der Waals surface area (Å²) in [5.74, 6) is 0.300. The lowest BCUT2D eigenvalue weighted by Gasteiger charge is -2.05. The molecule has 0 radical (unpaired) electrons. The first kappa shape index (κ1) is 10.4. The predicted octanol–water partition coefficient (Wildman–Crippen LogP) is 1.38. The summed E-state index contributed by atoms with van der Waals surface area (Å²) in [7, 11) is 1.85. The Balaban J connectivity index is 3.93. The number of nitrogens with one attached hydrogen (secondary N) is 1. The number of hydrogen-bond donors (Lipinski definition) is 1. The van der Waals surface area contributed by atoms with Crippen molar-refractivity contribution in [1.82, 2.24) is 5.32 Å². The molecule has 1 atom stereocenters. The maximum absolute atomic E-state index is 11.2. The normalized spacial score (nSPS) is 12.4. The Morgan fingerprint density at radius 3 is 2.45 bits per heavy atom. The molecule has 0 spiro atoms. The molecule has 0 aromatic rings. The van der Waals surface area contributed by atoms with Gasteiger partial charge in [-0.3, -0.25) is 4.79 Å². The van der Waals surface area contributed by atoms with Gasteiger partial charge in [-0.15, -0.1) is 0 Å². The summed E-state index contributed by atoms with van der Waals surface area (Å²) in [6, 6.07) is 0. The van der Waals surface area contributed by atoms with E-state index in [4.69, 9.17) is 0 Å². The third-order valence-electron chi connectivity index (χ3n) is 1.43. The highest BCUT2D eigenvalue weighted by Gasteiger charge is 2.07. The summed E-state index contributed by atoms with van der Waals surface area (Å²) in [5.41, 5.74) is 1.07. The molecular weight excluding hydrogens is 138 g/mol. The van der Waals surface area contributed by atoms with Gasteiger partial charge in [-0.2, -0.15) is 0 Å². The van der Waals surface area contributed by atoms with Gasteiger partial charge >= 0.3 is 0 Å². The zero-order chi connectivity index (χ0) is 8.85. The van der Waals surface area contributed by atoms with Crippen LogP contribution in [0.3, 0.4) is 0 Å². The molecule has 0 heterocycles. The van der Waals surface area contributed by atoms with Crippen LogP contribution in [0.25, 0.3) is 0 Å². The second-order valence-corrected chi connectivity index (χ2v) is 3.08. The van der Waals surface area contributed by atoms with Gasteiger partial charge in [0.2, 0.25) is 0 Å². The van der Waals surface area contributed by atoms with E-state index < -0.39 is 0 Å². The van der Waals surface area contributed by atoms with E-state index in [-0.39, 0.29) is 11.7 Å². The van der Waals surface area contributed by atoms with Gasteiger partial charge in [0.05, 0.1) is 0 Å². The van der Waals surface area contributed by atoms with E-state index in [1.54, 1.807) is 6.08 Å². The van der Waals surface area contributed by atoms with E-state index in [2.05, 4.69) is 5.32 Å². The van der Waals surface area contributed by atoms with Crippen LogP contribution in [0.15, 0.2) is 11.6 Å². The molecule has 1 N–H and O–H groups in total. The SMILES string of the molecule is CNCC(C)C(=O)C=C(C)C. The van der Waals surface area contributed by atoms with Crippen LogP contribution >= 0.6 is 0 Å². The van der Waals surface area contributed by atoms with Gasteiger partial charge in [0.25, 0.3) is 0 Å². The Hall–Kier alpha value is -0.630. The van der Waals surface area contributed by atoms with Crippen LogP contribution in [-0.4, -0.2) is 19.4 Å². The molecule has 2 heteroatoms. The average molecular weight is 155 g/mol. The molecule has 0 fully saturated rings. The molecule has 2 nitrogen and oxygen atoms in total. The number of carbonyl (C=O) groups excluding carboxylic acids is 1. The molecule has 11 heavy (non-hydrogen) atoms. The minimum atomic E-state index is 0.0925. The van der Waals surface area contributed by atoms with E-state index in [1.807, 2.05) is 27.8 Å². The summed E-state index contributed by atoms with van der Waals surface area (Å²) in [5, 5.41) is 2.97. The van der Waals surface area contributed by atoms with E-state index in [1.165, 1.54) is 0 Å². The molecule has 1 unspecified atom stereocenters. The molecule has 0 saturated heterocycles. The van der Waals surface area contributed by atoms with Crippen molar-refractivity contribution < 1.29 is 4.79 Å². The second-order valence-electron chi connectivity index (χ2n) is 3.08. The van der Waals surface area contributed by atoms with Gasteiger partial charge in [0.1, 0.15) is 0 Å². The van der Waals surface area contributed by atoms with E-state index in [9.17, 15) is 4.79 Å². The number of ketones is 1. The summed E-state index contributed by atoms with van der Waals surface area (Å²) < 4.78 is 0. The Kier molecular flexibility index (Phi) is 4.79. The van der Waals surface area contributed by atoms with Crippen LogP contribution in [0.1, 0.15) is 20.8 Å².